The molecule has 0 bridgehead atoms. The average Bonchev–Trinajstić information content (AvgIpc) is 3.86. The number of hydrogen-bond acceptors (Lipinski definition) is 6. The van der Waals surface area contributed by atoms with Crippen LogP contribution >= 0.6 is 0 Å². The Kier molecular flexibility index (Phi) is 8.92. The summed E-state index contributed by atoms with van der Waals surface area (Å²) in [5.74, 6) is 0. The molecule has 0 amide bonds. The van der Waals surface area contributed by atoms with Crippen LogP contribution in [0.15, 0.2) is 164 Å². The van der Waals surface area contributed by atoms with Gasteiger partial charge in [0, 0.05) is 0 Å². The molecule has 6 unspecified atom stereocenters. The van der Waals surface area contributed by atoms with E-state index < -0.39 is 50.9 Å². The second-order valence-electron chi connectivity index (χ2n) is 13.2. The molecule has 2 saturated heterocycles. The van der Waals surface area contributed by atoms with E-state index >= 15 is 0 Å². The highest BCUT2D eigenvalue weighted by Gasteiger charge is 2.62. The van der Waals surface area contributed by atoms with E-state index in [9.17, 15) is 5.11 Å². The third-order valence-corrected chi connectivity index (χ3v) is 10.1. The van der Waals surface area contributed by atoms with Crippen molar-refractivity contribution in [1.82, 2.24) is 0 Å². The quantitative estimate of drug-likeness (QED) is 0.230. The molecule has 1 aliphatic carbocycles. The molecule has 0 spiro atoms. The fraction of sp³-hybridized carbons (Fsp3) is 0.143. The monoisotopic (exact) mass is 667 g/mol. The minimum absolute atomic E-state index is 0.537. The van der Waals surface area contributed by atoms with Gasteiger partial charge in [0.2, 0.25) is 0 Å². The van der Waals surface area contributed by atoms with Crippen LogP contribution < -0.4 is 16.4 Å². The lowest BCUT2D eigenvalue weighted by molar-refractivity contribution is -0.146. The molecule has 0 aromatic heterocycles. The third kappa shape index (κ3) is 6.49. The van der Waals surface area contributed by atoms with Crippen molar-refractivity contribution < 1.29 is 28.4 Å². The summed E-state index contributed by atoms with van der Waals surface area (Å²) >= 11 is 0. The molecule has 3 aliphatic rings. The summed E-state index contributed by atoms with van der Waals surface area (Å²) in [6.07, 6.45) is -4.20. The first-order chi connectivity index (χ1) is 25.2. The lowest BCUT2D eigenvalue weighted by atomic mass is 9.78. The number of aliphatic hydroxyl groups excluding tert-OH is 1. The van der Waals surface area contributed by atoms with Crippen molar-refractivity contribution >= 4 is 38.1 Å². The van der Waals surface area contributed by atoms with E-state index in [2.05, 4.69) is 72.8 Å². The van der Waals surface area contributed by atoms with Crippen molar-refractivity contribution in [3.05, 3.63) is 164 Å². The van der Waals surface area contributed by atoms with Crippen LogP contribution in [0.1, 0.15) is 0 Å². The van der Waals surface area contributed by atoms with Crippen LogP contribution in [0.4, 0.5) is 0 Å². The molecule has 2 aliphatic heterocycles. The summed E-state index contributed by atoms with van der Waals surface area (Å²) < 4.78 is 32.7. The van der Waals surface area contributed by atoms with E-state index in [1.807, 2.05) is 91.0 Å². The van der Waals surface area contributed by atoms with Crippen LogP contribution in [0, 0.1) is 0 Å². The molecule has 2 heterocycles. The molecule has 9 rings (SSSR count). The maximum atomic E-state index is 11.8. The van der Waals surface area contributed by atoms with Crippen LogP contribution in [-0.4, -0.2) is 63.4 Å². The van der Waals surface area contributed by atoms with Crippen molar-refractivity contribution in [3.63, 3.8) is 0 Å². The van der Waals surface area contributed by atoms with Crippen LogP contribution in [0.5, 0.6) is 0 Å². The molecule has 51 heavy (non-hydrogen) atoms. The first-order valence-corrected chi connectivity index (χ1v) is 17.4. The van der Waals surface area contributed by atoms with Crippen LogP contribution in [-0.2, 0) is 23.3 Å². The summed E-state index contributed by atoms with van der Waals surface area (Å²) in [5.41, 5.74) is 9.34. The zero-order valence-electron chi connectivity index (χ0n) is 27.8. The molecule has 1 N–H and O–H groups in total. The van der Waals surface area contributed by atoms with Gasteiger partial charge in [0.05, 0.1) is 30.5 Å². The van der Waals surface area contributed by atoms with Gasteiger partial charge in [0.25, 0.3) is 0 Å². The molecular weight excluding hydrogens is 633 g/mol. The van der Waals surface area contributed by atoms with Gasteiger partial charge in [-0.05, 0) is 44.3 Å². The molecule has 6 aromatic carbocycles. The smallest absolute Gasteiger partial charge is 0.426 e. The highest BCUT2D eigenvalue weighted by molar-refractivity contribution is 6.62. The largest absolute Gasteiger partial charge is 0.494 e. The summed E-state index contributed by atoms with van der Waals surface area (Å²) in [5, 5.41) is 11.8. The fourth-order valence-corrected chi connectivity index (χ4v) is 7.33. The first-order valence-electron chi connectivity index (χ1n) is 17.4. The predicted octanol–water partition coefficient (Wildman–Crippen LogP) is 5.05. The average molecular weight is 667 g/mol. The number of benzene rings is 6. The van der Waals surface area contributed by atoms with Gasteiger partial charge in [-0.15, -0.1) is 0 Å². The lowest BCUT2D eigenvalue weighted by Crippen LogP contribution is -2.62. The predicted molar refractivity (Wildman–Crippen MR) is 202 cm³/mol. The second-order valence-corrected chi connectivity index (χ2v) is 13.2. The highest BCUT2D eigenvalue weighted by atomic mass is 16.7. The first kappa shape index (κ1) is 32.2. The van der Waals surface area contributed by atoms with Crippen molar-refractivity contribution in [2.24, 2.45) is 0 Å². The minimum Gasteiger partial charge on any atom is -0.426 e. The minimum atomic E-state index is -1.03. The summed E-state index contributed by atoms with van der Waals surface area (Å²) in [6, 6.07) is 55.2. The molecular formula is C42H34B3O6. The fourth-order valence-electron chi connectivity index (χ4n) is 7.33. The van der Waals surface area contributed by atoms with Gasteiger partial charge in [-0.3, -0.25) is 0 Å². The van der Waals surface area contributed by atoms with Gasteiger partial charge in [0.15, 0.2) is 0 Å². The summed E-state index contributed by atoms with van der Waals surface area (Å²) in [7, 11) is 0.335. The molecule has 6 nitrogen and oxygen atoms in total. The Morgan fingerprint density at radius 1 is 0.412 bits per heavy atom. The highest BCUT2D eigenvalue weighted by Crippen LogP contribution is 2.39. The Labute approximate surface area is 299 Å². The van der Waals surface area contributed by atoms with Crippen molar-refractivity contribution in [3.8, 4) is 33.4 Å². The van der Waals surface area contributed by atoms with E-state index in [0.717, 1.165) is 49.8 Å². The zero-order chi connectivity index (χ0) is 34.1. The maximum Gasteiger partial charge on any atom is 0.494 e. The van der Waals surface area contributed by atoms with E-state index in [0.29, 0.717) is 0 Å². The van der Waals surface area contributed by atoms with Crippen molar-refractivity contribution in [2.75, 3.05) is 0 Å². The Morgan fingerprint density at radius 3 is 1.22 bits per heavy atom. The summed E-state index contributed by atoms with van der Waals surface area (Å²) in [4.78, 5) is 0. The Bertz CT molecular complexity index is 2040. The Hall–Kier alpha value is -4.73. The molecule has 9 heteroatoms. The van der Waals surface area contributed by atoms with Gasteiger partial charge < -0.3 is 28.4 Å². The van der Waals surface area contributed by atoms with Gasteiger partial charge in [-0.1, -0.05) is 169 Å². The standard InChI is InChI=1S/C42H34B3O6/c46-37-38(47-43-34-22-16-31(17-23-34)28-10-4-1-5-11-28)40-42(51-45(49-40)36-26-20-33(21-27-36)30-14-8-3-9-15-30)41-39(37)48-44(50-41)35-24-18-32(19-25-35)29-12-6-2-7-13-29/h1-27,37-42,46H. The van der Waals surface area contributed by atoms with Gasteiger partial charge >= 0.3 is 21.7 Å². The molecule has 1 saturated carbocycles. The third-order valence-electron chi connectivity index (χ3n) is 10.1. The van der Waals surface area contributed by atoms with Gasteiger partial charge in [0.1, 0.15) is 6.10 Å². The molecule has 3 fully saturated rings. The van der Waals surface area contributed by atoms with Crippen LogP contribution in [0.2, 0.25) is 0 Å². The van der Waals surface area contributed by atoms with Crippen molar-refractivity contribution in [1.29, 1.82) is 0 Å². The second kappa shape index (κ2) is 14.1. The topological polar surface area (TPSA) is 66.4 Å². The van der Waals surface area contributed by atoms with E-state index in [-0.39, 0.29) is 0 Å². The number of rotatable bonds is 8. The number of fused-ring (bicyclic) bond motifs is 3. The van der Waals surface area contributed by atoms with E-state index in [4.69, 9.17) is 23.3 Å². The summed E-state index contributed by atoms with van der Waals surface area (Å²) in [6.45, 7) is 0. The van der Waals surface area contributed by atoms with Crippen molar-refractivity contribution in [2.45, 2.75) is 36.6 Å². The maximum absolute atomic E-state index is 11.8. The van der Waals surface area contributed by atoms with Gasteiger partial charge in [-0.25, -0.2) is 0 Å². The zero-order valence-corrected chi connectivity index (χ0v) is 27.8. The Balaban J connectivity index is 0.963. The molecule has 247 valence electrons. The van der Waals surface area contributed by atoms with E-state index in [1.165, 1.54) is 0 Å². The molecule has 6 aromatic rings. The van der Waals surface area contributed by atoms with Crippen LogP contribution in [0.25, 0.3) is 33.4 Å². The molecule has 1 radical (unpaired) electrons. The number of aliphatic hydroxyl groups is 1. The molecule has 6 atom stereocenters. The number of hydrogen-bond donors (Lipinski definition) is 1. The lowest BCUT2D eigenvalue weighted by Gasteiger charge is -2.42. The normalized spacial score (nSPS) is 23.9. The van der Waals surface area contributed by atoms with E-state index in [1.54, 1.807) is 7.48 Å². The SMILES string of the molecule is OC1C(O[B]c2ccc(-c3ccccc3)cc2)C2OB(c3ccc(-c4ccccc4)cc3)OC2C2OB(c3ccc(-c4ccccc4)cc3)OC12. The van der Waals surface area contributed by atoms with Gasteiger partial charge in [-0.2, -0.15) is 0 Å². The van der Waals surface area contributed by atoms with Crippen LogP contribution in [0.3, 0.4) is 0 Å². The Morgan fingerprint density at radius 2 is 0.765 bits per heavy atom.